The minimum Gasteiger partial charge on any atom is -0.381 e. The van der Waals surface area contributed by atoms with Gasteiger partial charge in [0.2, 0.25) is 0 Å². The number of nitrogens with two attached hydrogens (primary N) is 1. The summed E-state index contributed by atoms with van der Waals surface area (Å²) >= 11 is 0. The van der Waals surface area contributed by atoms with Crippen LogP contribution in [0, 0.1) is 0 Å². The molecule has 0 aliphatic carbocycles. The largest absolute Gasteiger partial charge is 0.381 e. The maximum atomic E-state index is 5.54. The van der Waals surface area contributed by atoms with E-state index in [2.05, 4.69) is 34.5 Å². The molecule has 0 radical (unpaired) electrons. The predicted octanol–water partition coefficient (Wildman–Crippen LogP) is 1.13. The molecule has 1 aliphatic heterocycles. The highest BCUT2D eigenvalue weighted by molar-refractivity contribution is 5.43. The first kappa shape index (κ1) is 10.5. The van der Waals surface area contributed by atoms with Crippen LogP contribution >= 0.6 is 0 Å². The van der Waals surface area contributed by atoms with Crippen LogP contribution in [0.4, 0.5) is 5.69 Å². The van der Waals surface area contributed by atoms with Gasteiger partial charge < -0.3 is 11.1 Å². The van der Waals surface area contributed by atoms with Gasteiger partial charge in [0.25, 0.3) is 0 Å². The summed E-state index contributed by atoms with van der Waals surface area (Å²) in [5.74, 6) is 0. The van der Waals surface area contributed by atoms with Gasteiger partial charge in [-0.25, -0.2) is 0 Å². The first-order valence-electron chi connectivity index (χ1n) is 5.62. The van der Waals surface area contributed by atoms with E-state index in [9.17, 15) is 0 Å². The molecule has 3 nitrogen and oxygen atoms in total. The zero-order valence-electron chi connectivity index (χ0n) is 9.02. The lowest BCUT2D eigenvalue weighted by atomic mass is 10.2. The normalized spacial score (nSPS) is 21.8. The first-order valence-corrected chi connectivity index (χ1v) is 5.62. The standard InChI is InChI=1S/C12H19N3/c13-7-9-15-8-6-12(10-15)14-11-4-2-1-3-5-11/h1-5,12,14H,6-10,13H2. The molecule has 1 saturated heterocycles. The highest BCUT2D eigenvalue weighted by Gasteiger charge is 2.20. The Balaban J connectivity index is 1.82. The Labute approximate surface area is 91.3 Å². The molecule has 1 aliphatic rings. The number of hydrogen-bond donors (Lipinski definition) is 2. The minimum atomic E-state index is 0.582. The quantitative estimate of drug-likeness (QED) is 0.774. The van der Waals surface area contributed by atoms with Crippen LogP contribution in [0.25, 0.3) is 0 Å². The summed E-state index contributed by atoms with van der Waals surface area (Å²) in [6.07, 6.45) is 1.22. The number of nitrogens with one attached hydrogen (secondary N) is 1. The Morgan fingerprint density at radius 1 is 1.33 bits per heavy atom. The number of benzene rings is 1. The fourth-order valence-electron chi connectivity index (χ4n) is 2.11. The van der Waals surface area contributed by atoms with Crippen LogP contribution in [0.1, 0.15) is 6.42 Å². The molecule has 0 amide bonds. The number of para-hydroxylation sites is 1. The van der Waals surface area contributed by atoms with Crippen molar-refractivity contribution in [1.82, 2.24) is 4.90 Å². The van der Waals surface area contributed by atoms with E-state index in [0.29, 0.717) is 6.04 Å². The topological polar surface area (TPSA) is 41.3 Å². The Kier molecular flexibility index (Phi) is 3.59. The fraction of sp³-hybridized carbons (Fsp3) is 0.500. The third-order valence-corrected chi connectivity index (χ3v) is 2.86. The molecule has 1 fully saturated rings. The van der Waals surface area contributed by atoms with E-state index in [4.69, 9.17) is 5.73 Å². The molecule has 1 unspecified atom stereocenters. The highest BCUT2D eigenvalue weighted by Crippen LogP contribution is 2.14. The average Bonchev–Trinajstić information content (AvgIpc) is 2.68. The van der Waals surface area contributed by atoms with E-state index < -0.39 is 0 Å². The third kappa shape index (κ3) is 2.94. The van der Waals surface area contributed by atoms with Crippen molar-refractivity contribution in [1.29, 1.82) is 0 Å². The van der Waals surface area contributed by atoms with Crippen molar-refractivity contribution in [3.63, 3.8) is 0 Å². The number of anilines is 1. The van der Waals surface area contributed by atoms with Gasteiger partial charge >= 0.3 is 0 Å². The second-order valence-corrected chi connectivity index (χ2v) is 4.09. The molecule has 0 spiro atoms. The maximum absolute atomic E-state index is 5.54. The van der Waals surface area contributed by atoms with Gasteiger partial charge in [-0.2, -0.15) is 0 Å². The molecule has 15 heavy (non-hydrogen) atoms. The van der Waals surface area contributed by atoms with Gasteiger partial charge in [-0.1, -0.05) is 18.2 Å². The van der Waals surface area contributed by atoms with Crippen LogP contribution in [0.3, 0.4) is 0 Å². The summed E-state index contributed by atoms with van der Waals surface area (Å²) in [5.41, 5.74) is 6.76. The molecule has 82 valence electrons. The van der Waals surface area contributed by atoms with Gasteiger partial charge in [0, 0.05) is 37.9 Å². The average molecular weight is 205 g/mol. The van der Waals surface area contributed by atoms with E-state index >= 15 is 0 Å². The third-order valence-electron chi connectivity index (χ3n) is 2.86. The molecule has 2 rings (SSSR count). The number of hydrogen-bond acceptors (Lipinski definition) is 3. The monoisotopic (exact) mass is 205 g/mol. The molecule has 1 aromatic carbocycles. The minimum absolute atomic E-state index is 0.582. The van der Waals surface area contributed by atoms with Gasteiger partial charge in [-0.05, 0) is 18.6 Å². The Bertz CT molecular complexity index is 286. The van der Waals surface area contributed by atoms with E-state index in [0.717, 1.165) is 19.6 Å². The number of likely N-dealkylation sites (tertiary alicyclic amines) is 1. The summed E-state index contributed by atoms with van der Waals surface area (Å²) in [4.78, 5) is 2.42. The zero-order valence-corrected chi connectivity index (χ0v) is 9.02. The van der Waals surface area contributed by atoms with E-state index in [1.165, 1.54) is 18.7 Å². The smallest absolute Gasteiger partial charge is 0.0400 e. The van der Waals surface area contributed by atoms with Crippen molar-refractivity contribution in [3.05, 3.63) is 30.3 Å². The summed E-state index contributed by atoms with van der Waals surface area (Å²) < 4.78 is 0. The van der Waals surface area contributed by atoms with Crippen molar-refractivity contribution in [2.45, 2.75) is 12.5 Å². The summed E-state index contributed by atoms with van der Waals surface area (Å²) in [5, 5.41) is 3.55. The number of rotatable bonds is 4. The van der Waals surface area contributed by atoms with Crippen molar-refractivity contribution >= 4 is 5.69 Å². The van der Waals surface area contributed by atoms with Gasteiger partial charge in [-0.15, -0.1) is 0 Å². The summed E-state index contributed by atoms with van der Waals surface area (Å²) in [6, 6.07) is 11.0. The molecular weight excluding hydrogens is 186 g/mol. The van der Waals surface area contributed by atoms with Crippen LogP contribution in [0.15, 0.2) is 30.3 Å². The van der Waals surface area contributed by atoms with Crippen LogP contribution in [-0.2, 0) is 0 Å². The van der Waals surface area contributed by atoms with Crippen LogP contribution in [-0.4, -0.2) is 37.1 Å². The molecule has 1 heterocycles. The lowest BCUT2D eigenvalue weighted by molar-refractivity contribution is 0.346. The van der Waals surface area contributed by atoms with E-state index in [1.807, 2.05) is 6.07 Å². The van der Waals surface area contributed by atoms with Crippen molar-refractivity contribution in [2.24, 2.45) is 5.73 Å². The molecule has 3 heteroatoms. The van der Waals surface area contributed by atoms with Gasteiger partial charge in [0.1, 0.15) is 0 Å². The van der Waals surface area contributed by atoms with Crippen molar-refractivity contribution < 1.29 is 0 Å². The molecule has 0 bridgehead atoms. The molecule has 1 atom stereocenters. The van der Waals surface area contributed by atoms with Crippen LogP contribution in [0.2, 0.25) is 0 Å². The predicted molar refractivity (Wildman–Crippen MR) is 64.0 cm³/mol. The van der Waals surface area contributed by atoms with Gasteiger partial charge in [-0.3, -0.25) is 4.90 Å². The second-order valence-electron chi connectivity index (χ2n) is 4.09. The number of nitrogens with zero attached hydrogens (tertiary/aromatic N) is 1. The Hall–Kier alpha value is -1.06. The first-order chi connectivity index (χ1) is 7.38. The van der Waals surface area contributed by atoms with Crippen molar-refractivity contribution in [3.8, 4) is 0 Å². The molecule has 1 aromatic rings. The lowest BCUT2D eigenvalue weighted by Crippen LogP contribution is -2.30. The van der Waals surface area contributed by atoms with Crippen LogP contribution < -0.4 is 11.1 Å². The molecular formula is C12H19N3. The second kappa shape index (κ2) is 5.14. The Morgan fingerprint density at radius 2 is 2.13 bits per heavy atom. The van der Waals surface area contributed by atoms with Crippen molar-refractivity contribution in [2.75, 3.05) is 31.5 Å². The van der Waals surface area contributed by atoms with E-state index in [1.54, 1.807) is 0 Å². The Morgan fingerprint density at radius 3 is 2.87 bits per heavy atom. The van der Waals surface area contributed by atoms with Gasteiger partial charge in [0.15, 0.2) is 0 Å². The highest BCUT2D eigenvalue weighted by atomic mass is 15.2. The van der Waals surface area contributed by atoms with Gasteiger partial charge in [0.05, 0.1) is 0 Å². The maximum Gasteiger partial charge on any atom is 0.0400 e. The summed E-state index contributed by atoms with van der Waals surface area (Å²) in [7, 11) is 0. The fourth-order valence-corrected chi connectivity index (χ4v) is 2.11. The molecule has 0 saturated carbocycles. The zero-order chi connectivity index (χ0) is 10.5. The SMILES string of the molecule is NCCN1CCC(Nc2ccccc2)C1. The molecule has 0 aromatic heterocycles. The van der Waals surface area contributed by atoms with Crippen LogP contribution in [0.5, 0.6) is 0 Å². The van der Waals surface area contributed by atoms with E-state index in [-0.39, 0.29) is 0 Å². The lowest BCUT2D eigenvalue weighted by Gasteiger charge is -2.16. The summed E-state index contributed by atoms with van der Waals surface area (Å²) in [6.45, 7) is 4.07. The molecule has 3 N–H and O–H groups in total.